The Morgan fingerprint density at radius 2 is 1.23 bits per heavy atom. The van der Waals surface area contributed by atoms with Gasteiger partial charge in [0.15, 0.2) is 0 Å². The van der Waals surface area contributed by atoms with E-state index in [2.05, 4.69) is 31.9 Å². The maximum Gasteiger partial charge on any atom is 0.341 e. The van der Waals surface area contributed by atoms with Crippen molar-refractivity contribution in [2.45, 2.75) is 71.1 Å². The summed E-state index contributed by atoms with van der Waals surface area (Å²) < 4.78 is 0.979. The number of anilines is 3. The number of hydrogen-bond donors (Lipinski definition) is 2. The number of nitrogens with zero attached hydrogens (tertiary/aromatic N) is 4. The molecule has 1 amide bonds. The number of benzene rings is 1. The molecule has 0 aliphatic carbocycles. The number of nitrogens with two attached hydrogens (primary N) is 1. The Morgan fingerprint density at radius 1 is 0.771 bits per heavy atom. The molecule has 35 heavy (non-hydrogen) atoms. The summed E-state index contributed by atoms with van der Waals surface area (Å²) in [4.78, 5) is 33.2. The van der Waals surface area contributed by atoms with Gasteiger partial charge in [-0.25, -0.2) is 4.79 Å². The molecule has 4 heterocycles. The first-order chi connectivity index (χ1) is 17.1. The van der Waals surface area contributed by atoms with E-state index >= 15 is 0 Å². The summed E-state index contributed by atoms with van der Waals surface area (Å²) in [7, 11) is 0. The molecule has 3 saturated heterocycles. The zero-order chi connectivity index (χ0) is 24.4. The lowest BCUT2D eigenvalue weighted by molar-refractivity contribution is 0.247. The van der Waals surface area contributed by atoms with Gasteiger partial charge in [0.25, 0.3) is 5.56 Å². The summed E-state index contributed by atoms with van der Waals surface area (Å²) in [6.07, 6.45) is 11.5. The minimum absolute atomic E-state index is 0.336. The van der Waals surface area contributed by atoms with Crippen molar-refractivity contribution in [1.82, 2.24) is 9.78 Å². The van der Waals surface area contributed by atoms with Crippen LogP contribution in [0.4, 0.5) is 21.9 Å². The summed E-state index contributed by atoms with van der Waals surface area (Å²) in [6, 6.07) is 3.87. The minimum atomic E-state index is -0.764. The van der Waals surface area contributed by atoms with E-state index < -0.39 is 6.03 Å². The lowest BCUT2D eigenvalue weighted by Crippen LogP contribution is -2.35. The van der Waals surface area contributed by atoms with Gasteiger partial charge >= 0.3 is 6.03 Å². The summed E-state index contributed by atoms with van der Waals surface area (Å²) >= 11 is 0. The van der Waals surface area contributed by atoms with Crippen molar-refractivity contribution >= 4 is 23.1 Å². The molecule has 1 aromatic carbocycles. The molecule has 1 aromatic heterocycles. The van der Waals surface area contributed by atoms with Gasteiger partial charge in [-0.3, -0.25) is 9.89 Å². The maximum absolute atomic E-state index is 13.6. The van der Waals surface area contributed by atoms with Crippen LogP contribution in [-0.4, -0.2) is 55.1 Å². The number of amides is 1. The summed E-state index contributed by atoms with van der Waals surface area (Å²) in [5.41, 5.74) is 11.1. The van der Waals surface area contributed by atoms with Crippen molar-refractivity contribution in [3.63, 3.8) is 0 Å². The number of carbonyl (C=O) groups excluding carboxylic acids is 1. The first-order valence-corrected chi connectivity index (χ1v) is 13.7. The number of primary amides is 1. The van der Waals surface area contributed by atoms with E-state index in [1.165, 1.54) is 37.8 Å². The third-order valence-electron chi connectivity index (χ3n) is 7.99. The number of aryl methyl sites for hydroxylation is 1. The molecule has 3 aliphatic rings. The SMILES string of the molecule is CCc1[nH]n(C(N)=O)c(=O)c1-c1c(N2CCCCC2)cc(N2CCCCC2)cc1N1CCCCC1. The summed E-state index contributed by atoms with van der Waals surface area (Å²) in [5, 5.41) is 3.02. The second-order valence-electron chi connectivity index (χ2n) is 10.3. The molecule has 0 atom stereocenters. The van der Waals surface area contributed by atoms with Gasteiger partial charge in [-0.15, -0.1) is 0 Å². The normalized spacial score (nSPS) is 19.3. The van der Waals surface area contributed by atoms with Crippen molar-refractivity contribution in [2.75, 3.05) is 54.0 Å². The molecule has 3 aliphatic heterocycles. The number of hydrogen-bond acceptors (Lipinski definition) is 5. The van der Waals surface area contributed by atoms with Gasteiger partial charge in [-0.05, 0) is 76.3 Å². The van der Waals surface area contributed by atoms with Crippen LogP contribution in [0, 0.1) is 0 Å². The van der Waals surface area contributed by atoms with Gasteiger partial charge in [0.2, 0.25) is 0 Å². The predicted octanol–water partition coefficient (Wildman–Crippen LogP) is 4.30. The second kappa shape index (κ2) is 10.4. The van der Waals surface area contributed by atoms with Gasteiger partial charge in [0, 0.05) is 67.6 Å². The number of nitrogens with one attached hydrogen (secondary N) is 1. The fraction of sp³-hybridized carbons (Fsp3) is 0.630. The van der Waals surface area contributed by atoms with Gasteiger partial charge in [-0.2, -0.15) is 4.68 Å². The summed E-state index contributed by atoms with van der Waals surface area (Å²) in [6.45, 7) is 8.15. The number of piperidine rings is 3. The van der Waals surface area contributed by atoms with Crippen molar-refractivity contribution in [3.8, 4) is 11.1 Å². The predicted molar refractivity (Wildman–Crippen MR) is 143 cm³/mol. The number of H-pyrrole nitrogens is 1. The van der Waals surface area contributed by atoms with Gasteiger partial charge in [-0.1, -0.05) is 6.92 Å². The van der Waals surface area contributed by atoms with Crippen LogP contribution < -0.4 is 26.0 Å². The van der Waals surface area contributed by atoms with Crippen LogP contribution in [0.5, 0.6) is 0 Å². The van der Waals surface area contributed by atoms with Crippen LogP contribution in [0.15, 0.2) is 16.9 Å². The van der Waals surface area contributed by atoms with Crippen molar-refractivity contribution < 1.29 is 4.79 Å². The molecule has 2 aromatic rings. The van der Waals surface area contributed by atoms with Crippen LogP contribution in [-0.2, 0) is 6.42 Å². The third kappa shape index (κ3) is 4.67. The van der Waals surface area contributed by atoms with E-state index in [1.807, 2.05) is 6.92 Å². The first-order valence-electron chi connectivity index (χ1n) is 13.7. The monoisotopic (exact) mass is 480 g/mol. The number of carbonyl (C=O) groups is 1. The van der Waals surface area contributed by atoms with Crippen molar-refractivity contribution in [3.05, 3.63) is 28.2 Å². The Balaban J connectivity index is 1.76. The molecule has 190 valence electrons. The molecule has 0 radical (unpaired) electrons. The fourth-order valence-corrected chi connectivity index (χ4v) is 6.11. The lowest BCUT2D eigenvalue weighted by atomic mass is 9.95. The van der Waals surface area contributed by atoms with Crippen LogP contribution >= 0.6 is 0 Å². The zero-order valence-corrected chi connectivity index (χ0v) is 21.2. The molecule has 0 unspecified atom stereocenters. The van der Waals surface area contributed by atoms with Crippen LogP contribution in [0.3, 0.4) is 0 Å². The molecule has 0 bridgehead atoms. The Bertz CT molecular complexity index is 1060. The standard InChI is InChI=1S/C27H40N6O2/c1-2-21-24(26(34)33(29-21)27(28)35)25-22(31-14-8-4-9-15-31)18-20(30-12-6-3-7-13-30)19-23(25)32-16-10-5-11-17-32/h18-19,29H,2-17H2,1H3,(H2,28,35). The van der Waals surface area contributed by atoms with E-state index in [0.717, 1.165) is 92.3 Å². The number of aromatic nitrogens is 2. The topological polar surface area (TPSA) is 90.6 Å². The fourth-order valence-electron chi connectivity index (χ4n) is 6.11. The van der Waals surface area contributed by atoms with Gasteiger partial charge in [0.05, 0.1) is 5.56 Å². The molecule has 0 spiro atoms. The highest BCUT2D eigenvalue weighted by Gasteiger charge is 2.29. The van der Waals surface area contributed by atoms with Crippen molar-refractivity contribution in [1.29, 1.82) is 0 Å². The highest BCUT2D eigenvalue weighted by molar-refractivity contribution is 5.94. The average Bonchev–Trinajstić information content (AvgIpc) is 3.25. The van der Waals surface area contributed by atoms with E-state index in [1.54, 1.807) is 0 Å². The highest BCUT2D eigenvalue weighted by Crippen LogP contribution is 2.44. The largest absolute Gasteiger partial charge is 0.371 e. The quantitative estimate of drug-likeness (QED) is 0.666. The molecule has 3 fully saturated rings. The molecule has 8 nitrogen and oxygen atoms in total. The Labute approximate surface area is 208 Å². The lowest BCUT2D eigenvalue weighted by Gasteiger charge is -2.38. The molecule has 0 saturated carbocycles. The maximum atomic E-state index is 13.6. The average molecular weight is 481 g/mol. The summed E-state index contributed by atoms with van der Waals surface area (Å²) in [5.74, 6) is 0. The van der Waals surface area contributed by atoms with Gasteiger partial charge in [0.1, 0.15) is 0 Å². The van der Waals surface area contributed by atoms with Crippen LogP contribution in [0.2, 0.25) is 0 Å². The zero-order valence-electron chi connectivity index (χ0n) is 21.2. The number of rotatable bonds is 5. The van der Waals surface area contributed by atoms with E-state index in [-0.39, 0.29) is 5.56 Å². The minimum Gasteiger partial charge on any atom is -0.371 e. The Hall–Kier alpha value is -2.90. The number of aromatic amines is 1. The van der Waals surface area contributed by atoms with Gasteiger partial charge < -0.3 is 20.4 Å². The smallest absolute Gasteiger partial charge is 0.341 e. The molecular weight excluding hydrogens is 440 g/mol. The van der Waals surface area contributed by atoms with Crippen LogP contribution in [0.25, 0.3) is 11.1 Å². The second-order valence-corrected chi connectivity index (χ2v) is 10.3. The van der Waals surface area contributed by atoms with E-state index in [0.29, 0.717) is 12.0 Å². The van der Waals surface area contributed by atoms with Crippen LogP contribution in [0.1, 0.15) is 70.4 Å². The third-order valence-corrected chi connectivity index (χ3v) is 7.99. The molecule has 5 rings (SSSR count). The Kier molecular flexibility index (Phi) is 7.07. The molecule has 3 N–H and O–H groups in total. The highest BCUT2D eigenvalue weighted by atomic mass is 16.2. The first kappa shape index (κ1) is 23.8. The molecular formula is C27H40N6O2. The Morgan fingerprint density at radius 3 is 1.66 bits per heavy atom. The van der Waals surface area contributed by atoms with E-state index in [4.69, 9.17) is 5.73 Å². The van der Waals surface area contributed by atoms with Crippen molar-refractivity contribution in [2.24, 2.45) is 5.73 Å². The molecule has 8 heteroatoms. The van der Waals surface area contributed by atoms with E-state index in [9.17, 15) is 9.59 Å².